The summed E-state index contributed by atoms with van der Waals surface area (Å²) < 4.78 is 4.78. The molecule has 2 N–H and O–H groups in total. The Kier molecular flexibility index (Phi) is 11.7. The number of carbonyl (C=O) groups excluding carboxylic acids is 1. The number of rotatable bonds is 8. The van der Waals surface area contributed by atoms with Crippen molar-refractivity contribution in [3.63, 3.8) is 0 Å². The molecular formula is C19H30O4. The number of aromatic hydroxyl groups is 1. The van der Waals surface area contributed by atoms with Crippen molar-refractivity contribution in [2.75, 3.05) is 7.11 Å². The largest absolute Gasteiger partial charge is 0.504 e. The molecule has 0 aliphatic carbocycles. The Bertz CT molecular complexity index is 480. The highest BCUT2D eigenvalue weighted by Gasteiger charge is 2.04. The highest BCUT2D eigenvalue weighted by atomic mass is 16.5. The van der Waals surface area contributed by atoms with Gasteiger partial charge in [-0.25, -0.2) is 0 Å². The Morgan fingerprint density at radius 3 is 2.52 bits per heavy atom. The molecular weight excluding hydrogens is 292 g/mol. The number of hydrogen-bond donors (Lipinski definition) is 2. The third kappa shape index (κ3) is 9.04. The molecule has 1 aromatic carbocycles. The van der Waals surface area contributed by atoms with Crippen molar-refractivity contribution < 1.29 is 19.7 Å². The Morgan fingerprint density at radius 2 is 2.00 bits per heavy atom. The van der Waals surface area contributed by atoms with Crippen LogP contribution in [0, 0.1) is 0 Å². The van der Waals surface area contributed by atoms with Crippen molar-refractivity contribution in [2.45, 2.75) is 59.0 Å². The van der Waals surface area contributed by atoms with E-state index < -0.39 is 0 Å². The molecule has 0 aliphatic rings. The first-order valence-corrected chi connectivity index (χ1v) is 8.16. The molecule has 1 aromatic rings. The van der Waals surface area contributed by atoms with E-state index in [9.17, 15) is 9.90 Å². The third-order valence-electron chi connectivity index (χ3n) is 3.47. The van der Waals surface area contributed by atoms with Crippen LogP contribution in [0.5, 0.6) is 11.5 Å². The second-order valence-corrected chi connectivity index (χ2v) is 5.42. The molecule has 1 rings (SSSR count). The lowest BCUT2D eigenvalue weighted by atomic mass is 10.0. The number of carbonyl (C=O) groups is 1. The number of phenolic OH excluding ortho intramolecular Hbond substituents is 1. The predicted molar refractivity (Wildman–Crippen MR) is 94.2 cm³/mol. The van der Waals surface area contributed by atoms with Crippen LogP contribution in [0.3, 0.4) is 0 Å². The molecule has 0 radical (unpaired) electrons. The number of ether oxygens (including phenoxy) is 1. The van der Waals surface area contributed by atoms with E-state index in [0.717, 1.165) is 24.8 Å². The molecule has 0 spiro atoms. The maximum absolute atomic E-state index is 10.2. The minimum absolute atomic E-state index is 0.0399. The van der Waals surface area contributed by atoms with Gasteiger partial charge in [0.1, 0.15) is 6.29 Å². The molecule has 0 aliphatic heterocycles. The van der Waals surface area contributed by atoms with Crippen LogP contribution in [0.4, 0.5) is 0 Å². The van der Waals surface area contributed by atoms with Gasteiger partial charge in [0, 0.05) is 5.56 Å². The van der Waals surface area contributed by atoms with Crippen molar-refractivity contribution >= 4 is 6.29 Å². The van der Waals surface area contributed by atoms with E-state index >= 15 is 0 Å². The first-order chi connectivity index (χ1) is 11.0. The molecule has 0 fully saturated rings. The third-order valence-corrected chi connectivity index (χ3v) is 3.47. The average molecular weight is 322 g/mol. The summed E-state index contributed by atoms with van der Waals surface area (Å²) >= 11 is 0. The first kappa shape index (κ1) is 21.2. The van der Waals surface area contributed by atoms with Gasteiger partial charge >= 0.3 is 0 Å². The Labute approximate surface area is 139 Å². The van der Waals surface area contributed by atoms with Gasteiger partial charge < -0.3 is 14.9 Å². The van der Waals surface area contributed by atoms with Gasteiger partial charge in [-0.1, -0.05) is 39.2 Å². The molecule has 1 unspecified atom stereocenters. The highest BCUT2D eigenvalue weighted by molar-refractivity contribution is 5.76. The topological polar surface area (TPSA) is 66.8 Å². The number of benzene rings is 1. The maximum atomic E-state index is 10.2. The van der Waals surface area contributed by atoms with Crippen LogP contribution in [0.25, 0.3) is 0 Å². The maximum Gasteiger partial charge on any atom is 0.161 e. The molecule has 0 amide bonds. The quantitative estimate of drug-likeness (QED) is 0.420. The van der Waals surface area contributed by atoms with Crippen LogP contribution in [0.15, 0.2) is 29.8 Å². The second kappa shape index (κ2) is 12.7. The molecule has 130 valence electrons. The molecule has 0 heterocycles. The molecule has 4 nitrogen and oxygen atoms in total. The average Bonchev–Trinajstić information content (AvgIpc) is 2.56. The van der Waals surface area contributed by atoms with Crippen LogP contribution in [0.1, 0.15) is 63.2 Å². The van der Waals surface area contributed by atoms with Crippen molar-refractivity contribution in [2.24, 2.45) is 0 Å². The van der Waals surface area contributed by atoms with Gasteiger partial charge in [-0.2, -0.15) is 0 Å². The van der Waals surface area contributed by atoms with Gasteiger partial charge in [0.2, 0.25) is 0 Å². The Morgan fingerprint density at radius 1 is 1.30 bits per heavy atom. The molecule has 0 bridgehead atoms. The van der Waals surface area contributed by atoms with Crippen LogP contribution in [-0.4, -0.2) is 29.7 Å². The van der Waals surface area contributed by atoms with E-state index in [0.29, 0.717) is 17.6 Å². The molecule has 4 heteroatoms. The van der Waals surface area contributed by atoms with Crippen LogP contribution < -0.4 is 4.74 Å². The minimum Gasteiger partial charge on any atom is -0.504 e. The standard InChI is InChI=1S/C11H22O.C8H8O3/c1-4-6-7-9-11(12)10(3)8-5-2;1-11-8-4-6(5-9)2-3-7(8)10/h8,11-12H,4-7,9H2,1-3H3;2-5,10H,1H3/b10-8+;. The number of methoxy groups -OCH3 is 1. The number of unbranched alkanes of at least 4 members (excludes halogenated alkanes) is 2. The summed E-state index contributed by atoms with van der Waals surface area (Å²) in [6.45, 7) is 6.30. The fourth-order valence-electron chi connectivity index (χ4n) is 2.04. The van der Waals surface area contributed by atoms with Gasteiger partial charge in [0.25, 0.3) is 0 Å². The summed E-state index contributed by atoms with van der Waals surface area (Å²) in [6.07, 6.45) is 8.16. The van der Waals surface area contributed by atoms with Crippen molar-refractivity contribution in [3.8, 4) is 11.5 Å². The van der Waals surface area contributed by atoms with Gasteiger partial charge in [0.15, 0.2) is 11.5 Å². The Balaban J connectivity index is 0.000000422. The zero-order chi connectivity index (χ0) is 17.7. The molecule has 0 saturated carbocycles. The number of aliphatic hydroxyl groups excluding tert-OH is 1. The summed E-state index contributed by atoms with van der Waals surface area (Å²) in [4.78, 5) is 10.2. The number of phenols is 1. The van der Waals surface area contributed by atoms with Gasteiger partial charge in [-0.15, -0.1) is 0 Å². The van der Waals surface area contributed by atoms with Crippen molar-refractivity contribution in [1.82, 2.24) is 0 Å². The van der Waals surface area contributed by atoms with Crippen molar-refractivity contribution in [1.29, 1.82) is 0 Å². The zero-order valence-electron chi connectivity index (χ0n) is 14.7. The normalized spacial score (nSPS) is 12.1. The van der Waals surface area contributed by atoms with E-state index in [4.69, 9.17) is 9.84 Å². The van der Waals surface area contributed by atoms with Crippen LogP contribution in [-0.2, 0) is 0 Å². The summed E-state index contributed by atoms with van der Waals surface area (Å²) in [7, 11) is 1.43. The fraction of sp³-hybridized carbons (Fsp3) is 0.526. The van der Waals surface area contributed by atoms with E-state index in [2.05, 4.69) is 19.9 Å². The lowest BCUT2D eigenvalue weighted by Gasteiger charge is -2.10. The number of allylic oxidation sites excluding steroid dienone is 1. The lowest BCUT2D eigenvalue weighted by molar-refractivity contribution is 0.112. The second-order valence-electron chi connectivity index (χ2n) is 5.42. The number of aliphatic hydroxyl groups is 1. The fourth-order valence-corrected chi connectivity index (χ4v) is 2.04. The zero-order valence-corrected chi connectivity index (χ0v) is 14.7. The molecule has 0 aromatic heterocycles. The minimum atomic E-state index is -0.198. The van der Waals surface area contributed by atoms with Gasteiger partial charge in [-0.05, 0) is 43.5 Å². The summed E-state index contributed by atoms with van der Waals surface area (Å²) in [5, 5.41) is 18.7. The Hall–Kier alpha value is -1.81. The smallest absolute Gasteiger partial charge is 0.161 e. The van der Waals surface area contributed by atoms with Gasteiger partial charge in [-0.3, -0.25) is 4.79 Å². The monoisotopic (exact) mass is 322 g/mol. The number of aldehydes is 1. The van der Waals surface area contributed by atoms with Crippen LogP contribution in [0.2, 0.25) is 0 Å². The molecule has 0 saturated heterocycles. The van der Waals surface area contributed by atoms with E-state index in [1.54, 1.807) is 0 Å². The number of hydrogen-bond acceptors (Lipinski definition) is 4. The molecule has 1 atom stereocenters. The van der Waals surface area contributed by atoms with Crippen molar-refractivity contribution in [3.05, 3.63) is 35.4 Å². The summed E-state index contributed by atoms with van der Waals surface area (Å²) in [6, 6.07) is 4.41. The summed E-state index contributed by atoms with van der Waals surface area (Å²) in [5.74, 6) is 0.354. The van der Waals surface area contributed by atoms with E-state index in [1.165, 1.54) is 38.2 Å². The van der Waals surface area contributed by atoms with Crippen LogP contribution >= 0.6 is 0 Å². The lowest BCUT2D eigenvalue weighted by Crippen LogP contribution is -2.07. The molecule has 23 heavy (non-hydrogen) atoms. The summed E-state index contributed by atoms with van der Waals surface area (Å²) in [5.41, 5.74) is 1.62. The van der Waals surface area contributed by atoms with E-state index in [-0.39, 0.29) is 11.9 Å². The SMILES string of the molecule is CC/C=C(\C)C(O)CCCCC.COc1cc(C=O)ccc1O. The predicted octanol–water partition coefficient (Wildman–Crippen LogP) is 4.50. The highest BCUT2D eigenvalue weighted by Crippen LogP contribution is 2.25. The first-order valence-electron chi connectivity index (χ1n) is 8.16. The van der Waals surface area contributed by atoms with E-state index in [1.807, 2.05) is 6.92 Å². The van der Waals surface area contributed by atoms with Gasteiger partial charge in [0.05, 0.1) is 13.2 Å².